The Morgan fingerprint density at radius 1 is 1.45 bits per heavy atom. The van der Waals surface area contributed by atoms with Gasteiger partial charge in [-0.3, -0.25) is 4.79 Å². The van der Waals surface area contributed by atoms with Crippen LogP contribution < -0.4 is 5.32 Å². The molecule has 1 unspecified atom stereocenters. The normalized spacial score (nSPS) is 13.8. The molecule has 0 saturated heterocycles. The first-order valence-corrected chi connectivity index (χ1v) is 7.14. The summed E-state index contributed by atoms with van der Waals surface area (Å²) in [6.45, 7) is 3.39. The largest absolute Gasteiger partial charge is 0.384 e. The molecule has 0 radical (unpaired) electrons. The van der Waals surface area contributed by atoms with Crippen molar-refractivity contribution in [2.45, 2.75) is 19.4 Å². The lowest BCUT2D eigenvalue weighted by Gasteiger charge is -2.22. The van der Waals surface area contributed by atoms with Gasteiger partial charge in [0.05, 0.1) is 12.1 Å². The van der Waals surface area contributed by atoms with Gasteiger partial charge in [-0.1, -0.05) is 6.07 Å². The molecule has 20 heavy (non-hydrogen) atoms. The third kappa shape index (κ3) is 3.23. The molecule has 0 fully saturated rings. The predicted molar refractivity (Wildman–Crippen MR) is 77.4 cm³/mol. The Kier molecular flexibility index (Phi) is 4.20. The number of aliphatic hydroxyl groups is 1. The van der Waals surface area contributed by atoms with Crippen LogP contribution in [0.3, 0.4) is 0 Å². The van der Waals surface area contributed by atoms with Gasteiger partial charge in [-0.05, 0) is 53.9 Å². The molecule has 5 heteroatoms. The van der Waals surface area contributed by atoms with Gasteiger partial charge < -0.3 is 10.4 Å². The molecule has 1 atom stereocenters. The third-order valence-electron chi connectivity index (χ3n) is 3.11. The summed E-state index contributed by atoms with van der Waals surface area (Å²) in [5, 5.41) is 16.5. The standard InChI is InChI=1S/C15H16FNO2S/c1-10-3-4-12(13(16)7-10)14(18)17-9-15(2,19)11-5-6-20-8-11/h3-8,19H,9H2,1-2H3,(H,17,18). The summed E-state index contributed by atoms with van der Waals surface area (Å²) in [7, 11) is 0. The fourth-order valence-corrected chi connectivity index (χ4v) is 2.61. The zero-order chi connectivity index (χ0) is 14.8. The minimum atomic E-state index is -1.17. The van der Waals surface area contributed by atoms with Crippen LogP contribution in [0.2, 0.25) is 0 Å². The topological polar surface area (TPSA) is 49.3 Å². The van der Waals surface area contributed by atoms with Gasteiger partial charge >= 0.3 is 0 Å². The van der Waals surface area contributed by atoms with Crippen LogP contribution in [0.4, 0.5) is 4.39 Å². The third-order valence-corrected chi connectivity index (χ3v) is 3.79. The van der Waals surface area contributed by atoms with Crippen molar-refractivity contribution in [3.05, 3.63) is 57.5 Å². The summed E-state index contributed by atoms with van der Waals surface area (Å²) in [5.74, 6) is -1.09. The highest BCUT2D eigenvalue weighted by molar-refractivity contribution is 7.08. The van der Waals surface area contributed by atoms with Crippen LogP contribution >= 0.6 is 11.3 Å². The first-order valence-electron chi connectivity index (χ1n) is 6.19. The molecule has 2 rings (SSSR count). The Bertz CT molecular complexity index is 608. The number of carbonyl (C=O) groups is 1. The van der Waals surface area contributed by atoms with Gasteiger partial charge in [0.1, 0.15) is 11.4 Å². The summed E-state index contributed by atoms with van der Waals surface area (Å²) in [6, 6.07) is 6.23. The first kappa shape index (κ1) is 14.7. The van der Waals surface area contributed by atoms with Gasteiger partial charge in [-0.15, -0.1) is 0 Å². The van der Waals surface area contributed by atoms with Crippen LogP contribution in [-0.4, -0.2) is 17.6 Å². The van der Waals surface area contributed by atoms with Crippen LogP contribution in [0.15, 0.2) is 35.0 Å². The summed E-state index contributed by atoms with van der Waals surface area (Å²) in [6.07, 6.45) is 0. The van der Waals surface area contributed by atoms with Crippen LogP contribution in [0, 0.1) is 12.7 Å². The molecular weight excluding hydrogens is 277 g/mol. The van der Waals surface area contributed by atoms with E-state index in [0.717, 1.165) is 11.1 Å². The summed E-state index contributed by atoms with van der Waals surface area (Å²) in [5.41, 5.74) is 0.296. The average molecular weight is 293 g/mol. The number of amides is 1. The Morgan fingerprint density at radius 3 is 2.80 bits per heavy atom. The van der Waals surface area contributed by atoms with Gasteiger partial charge in [0.15, 0.2) is 0 Å². The molecule has 0 aliphatic rings. The van der Waals surface area contributed by atoms with E-state index in [0.29, 0.717) is 0 Å². The fourth-order valence-electron chi connectivity index (χ4n) is 1.82. The molecule has 2 N–H and O–H groups in total. The zero-order valence-corrected chi connectivity index (χ0v) is 12.1. The number of thiophene rings is 1. The number of aryl methyl sites for hydroxylation is 1. The molecule has 0 aliphatic heterocycles. The fraction of sp³-hybridized carbons (Fsp3) is 0.267. The van der Waals surface area contributed by atoms with Gasteiger partial charge in [0.2, 0.25) is 0 Å². The van der Waals surface area contributed by atoms with Crippen LogP contribution in [-0.2, 0) is 5.60 Å². The van der Waals surface area contributed by atoms with Crippen molar-refractivity contribution in [2.24, 2.45) is 0 Å². The number of rotatable bonds is 4. The van der Waals surface area contributed by atoms with Gasteiger partial charge in [0, 0.05) is 0 Å². The highest BCUT2D eigenvalue weighted by atomic mass is 32.1. The van der Waals surface area contributed by atoms with Gasteiger partial charge in [0.25, 0.3) is 5.91 Å². The van der Waals surface area contributed by atoms with Crippen LogP contribution in [0.1, 0.15) is 28.4 Å². The second-order valence-electron chi connectivity index (χ2n) is 4.95. The molecule has 1 aromatic heterocycles. The minimum absolute atomic E-state index is 0.0169. The quantitative estimate of drug-likeness (QED) is 0.910. The average Bonchev–Trinajstić information content (AvgIpc) is 2.90. The first-order chi connectivity index (χ1) is 9.40. The van der Waals surface area contributed by atoms with Crippen LogP contribution in [0.5, 0.6) is 0 Å². The Balaban J connectivity index is 2.05. The lowest BCUT2D eigenvalue weighted by atomic mass is 9.99. The molecule has 0 saturated carbocycles. The van der Waals surface area contributed by atoms with E-state index >= 15 is 0 Å². The second kappa shape index (κ2) is 5.73. The van der Waals surface area contributed by atoms with E-state index < -0.39 is 17.3 Å². The van der Waals surface area contributed by atoms with E-state index in [1.54, 1.807) is 26.0 Å². The molecule has 106 valence electrons. The Hall–Kier alpha value is -1.72. The summed E-state index contributed by atoms with van der Waals surface area (Å²) < 4.78 is 13.7. The minimum Gasteiger partial charge on any atom is -0.384 e. The molecule has 1 aromatic carbocycles. The monoisotopic (exact) mass is 293 g/mol. The Morgan fingerprint density at radius 2 is 2.20 bits per heavy atom. The maximum absolute atomic E-state index is 13.7. The van der Waals surface area contributed by atoms with E-state index in [4.69, 9.17) is 0 Å². The molecule has 1 heterocycles. The molecule has 3 nitrogen and oxygen atoms in total. The van der Waals surface area contributed by atoms with Crippen molar-refractivity contribution in [1.82, 2.24) is 5.32 Å². The molecule has 1 amide bonds. The molecular formula is C15H16FNO2S. The van der Waals surface area contributed by atoms with E-state index in [2.05, 4.69) is 5.32 Å². The zero-order valence-electron chi connectivity index (χ0n) is 11.3. The second-order valence-corrected chi connectivity index (χ2v) is 5.73. The molecule has 0 aliphatic carbocycles. The summed E-state index contributed by atoms with van der Waals surface area (Å²) >= 11 is 1.47. The number of nitrogens with one attached hydrogen (secondary N) is 1. The highest BCUT2D eigenvalue weighted by Crippen LogP contribution is 2.22. The summed E-state index contributed by atoms with van der Waals surface area (Å²) in [4.78, 5) is 11.9. The Labute approximate surface area is 121 Å². The predicted octanol–water partition coefficient (Wildman–Crippen LogP) is 2.83. The molecule has 0 spiro atoms. The van der Waals surface area contributed by atoms with Crippen molar-refractivity contribution < 1.29 is 14.3 Å². The van der Waals surface area contributed by atoms with E-state index in [1.165, 1.54) is 23.5 Å². The van der Waals surface area contributed by atoms with Crippen molar-refractivity contribution in [3.63, 3.8) is 0 Å². The lowest BCUT2D eigenvalue weighted by Crippen LogP contribution is -2.38. The number of hydrogen-bond donors (Lipinski definition) is 2. The van der Waals surface area contributed by atoms with Crippen molar-refractivity contribution >= 4 is 17.2 Å². The molecule has 0 bridgehead atoms. The van der Waals surface area contributed by atoms with Crippen LogP contribution in [0.25, 0.3) is 0 Å². The SMILES string of the molecule is Cc1ccc(C(=O)NCC(C)(O)c2ccsc2)c(F)c1. The number of hydrogen-bond acceptors (Lipinski definition) is 3. The van der Waals surface area contributed by atoms with Gasteiger partial charge in [-0.25, -0.2) is 4.39 Å². The van der Waals surface area contributed by atoms with E-state index in [-0.39, 0.29) is 12.1 Å². The van der Waals surface area contributed by atoms with Gasteiger partial charge in [-0.2, -0.15) is 11.3 Å². The number of halogens is 1. The van der Waals surface area contributed by atoms with E-state index in [1.807, 2.05) is 10.8 Å². The molecule has 2 aromatic rings. The number of benzene rings is 1. The van der Waals surface area contributed by atoms with E-state index in [9.17, 15) is 14.3 Å². The number of carbonyl (C=O) groups excluding carboxylic acids is 1. The highest BCUT2D eigenvalue weighted by Gasteiger charge is 2.25. The maximum atomic E-state index is 13.7. The van der Waals surface area contributed by atoms with Crippen molar-refractivity contribution in [3.8, 4) is 0 Å². The lowest BCUT2D eigenvalue weighted by molar-refractivity contribution is 0.0529. The van der Waals surface area contributed by atoms with Crippen molar-refractivity contribution in [2.75, 3.05) is 6.54 Å². The smallest absolute Gasteiger partial charge is 0.254 e. The maximum Gasteiger partial charge on any atom is 0.254 e. The van der Waals surface area contributed by atoms with Crippen molar-refractivity contribution in [1.29, 1.82) is 0 Å².